The predicted molar refractivity (Wildman–Crippen MR) is 94.7 cm³/mol. The number of aromatic nitrogens is 2. The van der Waals surface area contributed by atoms with Gasteiger partial charge in [0.1, 0.15) is 0 Å². The molecule has 0 aromatic carbocycles. The lowest BCUT2D eigenvalue weighted by Crippen LogP contribution is -2.43. The molecule has 24 heavy (non-hydrogen) atoms. The van der Waals surface area contributed by atoms with Crippen molar-refractivity contribution in [1.82, 2.24) is 24.5 Å². The van der Waals surface area contributed by atoms with Crippen molar-refractivity contribution in [3.8, 4) is 0 Å². The van der Waals surface area contributed by atoms with Crippen molar-refractivity contribution in [2.75, 3.05) is 45.8 Å². The molecule has 0 unspecified atom stereocenters. The molecule has 2 saturated heterocycles. The van der Waals surface area contributed by atoms with Gasteiger partial charge in [0, 0.05) is 72.0 Å². The Labute approximate surface area is 145 Å². The molecule has 2 atom stereocenters. The van der Waals surface area contributed by atoms with Gasteiger partial charge in [-0.1, -0.05) is 6.92 Å². The summed E-state index contributed by atoms with van der Waals surface area (Å²) in [6, 6.07) is 0.630. The minimum Gasteiger partial charge on any atom is -0.342 e. The van der Waals surface area contributed by atoms with Gasteiger partial charge in [-0.05, 0) is 24.3 Å². The van der Waals surface area contributed by atoms with Crippen LogP contribution in [0.1, 0.15) is 25.8 Å². The third kappa shape index (κ3) is 4.16. The van der Waals surface area contributed by atoms with Crippen molar-refractivity contribution in [2.45, 2.75) is 32.7 Å². The average molecular weight is 333 g/mol. The first kappa shape index (κ1) is 17.4. The van der Waals surface area contributed by atoms with Crippen molar-refractivity contribution >= 4 is 5.91 Å². The number of hydrogen-bond donors (Lipinski definition) is 0. The van der Waals surface area contributed by atoms with Crippen LogP contribution in [0.3, 0.4) is 0 Å². The fourth-order valence-corrected chi connectivity index (χ4v) is 4.18. The summed E-state index contributed by atoms with van der Waals surface area (Å²) in [5.74, 6) is 0.914. The van der Waals surface area contributed by atoms with Crippen LogP contribution in [0.2, 0.25) is 0 Å². The van der Waals surface area contributed by atoms with E-state index in [1.807, 2.05) is 22.8 Å². The Morgan fingerprint density at radius 2 is 2.08 bits per heavy atom. The Bertz CT molecular complexity index is 557. The van der Waals surface area contributed by atoms with E-state index in [-0.39, 0.29) is 5.91 Å². The summed E-state index contributed by atoms with van der Waals surface area (Å²) in [4.78, 5) is 18.8. The summed E-state index contributed by atoms with van der Waals surface area (Å²) in [6.07, 6.45) is 6.26. The SMILES string of the molecule is CC(=O)N1CCCN([C@H]2CN(CCc3cnn(C)c3)C[C@@H]2C)CC1. The predicted octanol–water partition coefficient (Wildman–Crippen LogP) is 0.837. The van der Waals surface area contributed by atoms with Crippen LogP contribution in [0.25, 0.3) is 0 Å². The Hall–Kier alpha value is -1.40. The van der Waals surface area contributed by atoms with Crippen LogP contribution in [-0.2, 0) is 18.3 Å². The number of aryl methyl sites for hydroxylation is 1. The molecule has 3 heterocycles. The molecule has 2 aliphatic rings. The third-order valence-electron chi connectivity index (χ3n) is 5.57. The second kappa shape index (κ2) is 7.66. The fourth-order valence-electron chi connectivity index (χ4n) is 4.18. The molecule has 1 aromatic rings. The minimum atomic E-state index is 0.217. The summed E-state index contributed by atoms with van der Waals surface area (Å²) in [7, 11) is 1.97. The van der Waals surface area contributed by atoms with Gasteiger partial charge in [-0.25, -0.2) is 0 Å². The highest BCUT2D eigenvalue weighted by molar-refractivity contribution is 5.73. The normalized spacial score (nSPS) is 26.7. The van der Waals surface area contributed by atoms with E-state index in [9.17, 15) is 4.79 Å². The summed E-state index contributed by atoms with van der Waals surface area (Å²) in [5.41, 5.74) is 1.32. The smallest absolute Gasteiger partial charge is 0.219 e. The third-order valence-corrected chi connectivity index (χ3v) is 5.57. The van der Waals surface area contributed by atoms with Gasteiger partial charge < -0.3 is 9.80 Å². The maximum Gasteiger partial charge on any atom is 0.219 e. The van der Waals surface area contributed by atoms with E-state index in [0.717, 1.165) is 52.1 Å². The van der Waals surface area contributed by atoms with Crippen molar-refractivity contribution in [2.24, 2.45) is 13.0 Å². The number of carbonyl (C=O) groups excluding carboxylic acids is 1. The van der Waals surface area contributed by atoms with Gasteiger partial charge in [-0.15, -0.1) is 0 Å². The maximum absolute atomic E-state index is 11.6. The molecule has 2 fully saturated rings. The molecule has 6 heteroatoms. The van der Waals surface area contributed by atoms with Gasteiger partial charge in [-0.2, -0.15) is 5.10 Å². The van der Waals surface area contributed by atoms with E-state index >= 15 is 0 Å². The highest BCUT2D eigenvalue weighted by Crippen LogP contribution is 2.23. The molecule has 134 valence electrons. The topological polar surface area (TPSA) is 44.6 Å². The van der Waals surface area contributed by atoms with E-state index in [4.69, 9.17) is 0 Å². The molecule has 6 nitrogen and oxygen atoms in total. The Kier molecular flexibility index (Phi) is 5.56. The summed E-state index contributed by atoms with van der Waals surface area (Å²) < 4.78 is 1.88. The molecule has 1 amide bonds. The highest BCUT2D eigenvalue weighted by Gasteiger charge is 2.34. The minimum absolute atomic E-state index is 0.217. The largest absolute Gasteiger partial charge is 0.342 e. The van der Waals surface area contributed by atoms with Crippen LogP contribution >= 0.6 is 0 Å². The molecule has 0 N–H and O–H groups in total. The van der Waals surface area contributed by atoms with Gasteiger partial charge in [0.15, 0.2) is 0 Å². The Morgan fingerprint density at radius 1 is 1.25 bits per heavy atom. The monoisotopic (exact) mass is 333 g/mol. The van der Waals surface area contributed by atoms with E-state index in [1.54, 1.807) is 6.92 Å². The van der Waals surface area contributed by atoms with Crippen molar-refractivity contribution in [3.05, 3.63) is 18.0 Å². The van der Waals surface area contributed by atoms with Gasteiger partial charge in [0.2, 0.25) is 5.91 Å². The zero-order valence-electron chi connectivity index (χ0n) is 15.3. The maximum atomic E-state index is 11.6. The summed E-state index contributed by atoms with van der Waals surface area (Å²) in [6.45, 7) is 11.4. The van der Waals surface area contributed by atoms with Crippen molar-refractivity contribution in [1.29, 1.82) is 0 Å². The van der Waals surface area contributed by atoms with Crippen LogP contribution in [-0.4, -0.2) is 82.2 Å². The number of nitrogens with zero attached hydrogens (tertiary/aromatic N) is 5. The molecule has 0 saturated carbocycles. The highest BCUT2D eigenvalue weighted by atomic mass is 16.2. The number of hydrogen-bond acceptors (Lipinski definition) is 4. The first-order valence-electron chi connectivity index (χ1n) is 9.22. The molecule has 0 radical (unpaired) electrons. The Morgan fingerprint density at radius 3 is 2.79 bits per heavy atom. The molecule has 0 bridgehead atoms. The Balaban J connectivity index is 1.50. The summed E-state index contributed by atoms with van der Waals surface area (Å²) >= 11 is 0. The fraction of sp³-hybridized carbons (Fsp3) is 0.778. The lowest BCUT2D eigenvalue weighted by molar-refractivity contribution is -0.128. The average Bonchev–Trinajstić information content (AvgIpc) is 3.02. The van der Waals surface area contributed by atoms with Crippen LogP contribution < -0.4 is 0 Å². The van der Waals surface area contributed by atoms with Gasteiger partial charge in [0.05, 0.1) is 6.20 Å². The molecular formula is C18H31N5O. The van der Waals surface area contributed by atoms with E-state index < -0.39 is 0 Å². The van der Waals surface area contributed by atoms with Crippen LogP contribution in [0.5, 0.6) is 0 Å². The second-order valence-corrected chi connectivity index (χ2v) is 7.47. The number of amides is 1. The lowest BCUT2D eigenvalue weighted by Gasteiger charge is -2.30. The second-order valence-electron chi connectivity index (χ2n) is 7.47. The molecular weight excluding hydrogens is 302 g/mol. The number of likely N-dealkylation sites (tertiary alicyclic amines) is 1. The van der Waals surface area contributed by atoms with Gasteiger partial charge in [0.25, 0.3) is 0 Å². The van der Waals surface area contributed by atoms with Crippen molar-refractivity contribution < 1.29 is 4.79 Å². The lowest BCUT2D eigenvalue weighted by atomic mass is 10.0. The first-order chi connectivity index (χ1) is 11.5. The van der Waals surface area contributed by atoms with Gasteiger partial charge >= 0.3 is 0 Å². The zero-order valence-corrected chi connectivity index (χ0v) is 15.3. The van der Waals surface area contributed by atoms with E-state index in [1.165, 1.54) is 12.1 Å². The molecule has 1 aromatic heterocycles. The quantitative estimate of drug-likeness (QED) is 0.819. The van der Waals surface area contributed by atoms with Crippen LogP contribution in [0.15, 0.2) is 12.4 Å². The summed E-state index contributed by atoms with van der Waals surface area (Å²) in [5, 5.41) is 4.25. The molecule has 3 rings (SSSR count). The van der Waals surface area contributed by atoms with Crippen molar-refractivity contribution in [3.63, 3.8) is 0 Å². The molecule has 0 spiro atoms. The van der Waals surface area contributed by atoms with Gasteiger partial charge in [-0.3, -0.25) is 14.4 Å². The number of carbonyl (C=O) groups is 1. The molecule has 0 aliphatic carbocycles. The zero-order chi connectivity index (χ0) is 17.1. The van der Waals surface area contributed by atoms with Crippen LogP contribution in [0.4, 0.5) is 0 Å². The number of rotatable bonds is 4. The van der Waals surface area contributed by atoms with Crippen LogP contribution in [0, 0.1) is 5.92 Å². The molecule has 2 aliphatic heterocycles. The van der Waals surface area contributed by atoms with E-state index in [2.05, 4.69) is 28.0 Å². The first-order valence-corrected chi connectivity index (χ1v) is 9.22. The van der Waals surface area contributed by atoms with E-state index in [0.29, 0.717) is 12.0 Å². The standard InChI is InChI=1S/C18H31N5O/c1-15-12-21(8-5-17-11-19-20(3)13-17)14-18(15)23-7-4-6-22(9-10-23)16(2)24/h11,13,15,18H,4-10,12,14H2,1-3H3/t15-,18-/m0/s1.